The van der Waals surface area contributed by atoms with Gasteiger partial charge in [-0.25, -0.2) is 4.79 Å². The summed E-state index contributed by atoms with van der Waals surface area (Å²) < 4.78 is 10.3. The fraction of sp³-hybridized carbons (Fsp3) is 0.143. The number of hydrogen-bond acceptors (Lipinski definition) is 5. The van der Waals surface area contributed by atoms with E-state index in [0.29, 0.717) is 29.3 Å². The lowest BCUT2D eigenvalue weighted by atomic mass is 10.2. The van der Waals surface area contributed by atoms with Crippen molar-refractivity contribution in [3.63, 3.8) is 0 Å². The third kappa shape index (κ3) is 2.90. The Hall–Kier alpha value is -2.94. The van der Waals surface area contributed by atoms with Crippen LogP contribution in [0.1, 0.15) is 21.7 Å². The van der Waals surface area contributed by atoms with Crippen LogP contribution in [0.5, 0.6) is 5.75 Å². The number of ether oxygens (including phenoxy) is 1. The van der Waals surface area contributed by atoms with Crippen molar-refractivity contribution in [2.75, 3.05) is 12.4 Å². The van der Waals surface area contributed by atoms with E-state index in [1.807, 2.05) is 6.07 Å². The SMILES string of the molecule is COc1cc(C#N)ccc1NCc1cc(C(=O)O)co1. The highest BCUT2D eigenvalue weighted by Crippen LogP contribution is 2.26. The zero-order chi connectivity index (χ0) is 14.5. The monoisotopic (exact) mass is 272 g/mol. The summed E-state index contributed by atoms with van der Waals surface area (Å²) in [6, 6.07) is 8.48. The van der Waals surface area contributed by atoms with Crippen LogP contribution < -0.4 is 10.1 Å². The lowest BCUT2D eigenvalue weighted by molar-refractivity contribution is 0.0696. The molecule has 0 saturated carbocycles. The number of rotatable bonds is 5. The zero-order valence-corrected chi connectivity index (χ0v) is 10.7. The number of carbonyl (C=O) groups is 1. The molecule has 20 heavy (non-hydrogen) atoms. The molecule has 1 aromatic heterocycles. The fourth-order valence-corrected chi connectivity index (χ4v) is 1.67. The quantitative estimate of drug-likeness (QED) is 0.868. The Balaban J connectivity index is 2.10. The molecular weight excluding hydrogens is 260 g/mol. The number of benzene rings is 1. The standard InChI is InChI=1S/C14H12N2O4/c1-19-13-4-9(6-15)2-3-12(13)16-7-11-5-10(8-20-11)14(17)18/h2-5,8,16H,7H2,1H3,(H,17,18). The van der Waals surface area contributed by atoms with Crippen molar-refractivity contribution in [3.05, 3.63) is 47.4 Å². The number of nitrogens with one attached hydrogen (secondary N) is 1. The number of furan rings is 1. The minimum Gasteiger partial charge on any atom is -0.495 e. The summed E-state index contributed by atoms with van der Waals surface area (Å²) in [5, 5.41) is 20.7. The van der Waals surface area contributed by atoms with E-state index in [4.69, 9.17) is 19.5 Å². The first-order valence-electron chi connectivity index (χ1n) is 5.76. The Labute approximate surface area is 115 Å². The number of nitriles is 1. The predicted molar refractivity (Wildman–Crippen MR) is 70.7 cm³/mol. The molecule has 1 aromatic carbocycles. The van der Waals surface area contributed by atoms with Crippen LogP contribution in [0.2, 0.25) is 0 Å². The van der Waals surface area contributed by atoms with Crippen molar-refractivity contribution in [2.24, 2.45) is 0 Å². The average molecular weight is 272 g/mol. The zero-order valence-electron chi connectivity index (χ0n) is 10.7. The van der Waals surface area contributed by atoms with Crippen LogP contribution in [-0.2, 0) is 6.54 Å². The van der Waals surface area contributed by atoms with Gasteiger partial charge in [0, 0.05) is 6.07 Å². The molecule has 2 aromatic rings. The number of nitrogens with zero attached hydrogens (tertiary/aromatic N) is 1. The van der Waals surface area contributed by atoms with Crippen molar-refractivity contribution < 1.29 is 19.1 Å². The molecule has 0 amide bonds. The van der Waals surface area contributed by atoms with Crippen LogP contribution >= 0.6 is 0 Å². The molecule has 0 spiro atoms. The highest BCUT2D eigenvalue weighted by atomic mass is 16.5. The summed E-state index contributed by atoms with van der Waals surface area (Å²) in [5.41, 5.74) is 1.30. The van der Waals surface area contributed by atoms with Crippen LogP contribution in [-0.4, -0.2) is 18.2 Å². The molecule has 0 radical (unpaired) electrons. The molecule has 0 bridgehead atoms. The number of carboxylic acid groups (broad SMARTS) is 1. The van der Waals surface area contributed by atoms with Crippen LogP contribution in [0, 0.1) is 11.3 Å². The largest absolute Gasteiger partial charge is 0.495 e. The first kappa shape index (κ1) is 13.5. The van der Waals surface area contributed by atoms with E-state index in [-0.39, 0.29) is 5.56 Å². The topological polar surface area (TPSA) is 95.5 Å². The van der Waals surface area contributed by atoms with E-state index in [0.717, 1.165) is 0 Å². The summed E-state index contributed by atoms with van der Waals surface area (Å²) in [5.74, 6) is -0.00108. The van der Waals surface area contributed by atoms with Crippen molar-refractivity contribution in [1.82, 2.24) is 0 Å². The van der Waals surface area contributed by atoms with Gasteiger partial charge in [-0.2, -0.15) is 5.26 Å². The minimum absolute atomic E-state index is 0.105. The molecule has 0 fully saturated rings. The second-order valence-corrected chi connectivity index (χ2v) is 3.99. The summed E-state index contributed by atoms with van der Waals surface area (Å²) in [6.45, 7) is 0.315. The molecule has 0 aliphatic carbocycles. The molecule has 2 N–H and O–H groups in total. The van der Waals surface area contributed by atoms with E-state index >= 15 is 0 Å². The molecule has 2 rings (SSSR count). The lowest BCUT2D eigenvalue weighted by Gasteiger charge is -2.10. The van der Waals surface area contributed by atoms with E-state index in [1.165, 1.54) is 19.4 Å². The van der Waals surface area contributed by atoms with Gasteiger partial charge < -0.3 is 19.6 Å². The highest BCUT2D eigenvalue weighted by Gasteiger charge is 2.09. The second-order valence-electron chi connectivity index (χ2n) is 3.99. The summed E-state index contributed by atoms with van der Waals surface area (Å²) in [4.78, 5) is 10.7. The summed E-state index contributed by atoms with van der Waals surface area (Å²) in [6.07, 6.45) is 1.19. The Kier molecular flexibility index (Phi) is 3.91. The number of hydrogen-bond donors (Lipinski definition) is 2. The first-order valence-corrected chi connectivity index (χ1v) is 5.76. The third-order valence-corrected chi connectivity index (χ3v) is 2.68. The van der Waals surface area contributed by atoms with Crippen molar-refractivity contribution >= 4 is 11.7 Å². The maximum Gasteiger partial charge on any atom is 0.338 e. The second kappa shape index (κ2) is 5.80. The Morgan fingerprint density at radius 2 is 2.30 bits per heavy atom. The number of anilines is 1. The Morgan fingerprint density at radius 3 is 2.90 bits per heavy atom. The average Bonchev–Trinajstić information content (AvgIpc) is 2.94. The lowest BCUT2D eigenvalue weighted by Crippen LogP contribution is -2.01. The van der Waals surface area contributed by atoms with Gasteiger partial charge in [0.2, 0.25) is 0 Å². The van der Waals surface area contributed by atoms with Gasteiger partial charge in [-0.05, 0) is 18.2 Å². The molecule has 6 heteroatoms. The number of methoxy groups -OCH3 is 1. The van der Waals surface area contributed by atoms with Gasteiger partial charge in [-0.15, -0.1) is 0 Å². The van der Waals surface area contributed by atoms with Crippen LogP contribution in [0.25, 0.3) is 0 Å². The molecule has 102 valence electrons. The smallest absolute Gasteiger partial charge is 0.338 e. The van der Waals surface area contributed by atoms with E-state index in [2.05, 4.69) is 5.32 Å². The number of carboxylic acids is 1. The Bertz CT molecular complexity index is 670. The van der Waals surface area contributed by atoms with Gasteiger partial charge in [0.05, 0.1) is 36.5 Å². The Morgan fingerprint density at radius 1 is 1.50 bits per heavy atom. The molecule has 0 saturated heterocycles. The van der Waals surface area contributed by atoms with Gasteiger partial charge in [-0.1, -0.05) is 0 Å². The van der Waals surface area contributed by atoms with Gasteiger partial charge in [-0.3, -0.25) is 0 Å². The van der Waals surface area contributed by atoms with Gasteiger partial charge in [0.1, 0.15) is 17.8 Å². The molecule has 0 aliphatic heterocycles. The highest BCUT2D eigenvalue weighted by molar-refractivity contribution is 5.87. The van der Waals surface area contributed by atoms with E-state index in [1.54, 1.807) is 18.2 Å². The predicted octanol–water partition coefficient (Wildman–Crippen LogP) is 2.47. The number of aromatic carboxylic acids is 1. The fourth-order valence-electron chi connectivity index (χ4n) is 1.67. The van der Waals surface area contributed by atoms with E-state index < -0.39 is 5.97 Å². The summed E-state index contributed by atoms with van der Waals surface area (Å²) >= 11 is 0. The van der Waals surface area contributed by atoms with Gasteiger partial charge in [0.25, 0.3) is 0 Å². The van der Waals surface area contributed by atoms with Gasteiger partial charge >= 0.3 is 5.97 Å². The minimum atomic E-state index is -1.03. The molecule has 0 atom stereocenters. The summed E-state index contributed by atoms with van der Waals surface area (Å²) in [7, 11) is 1.51. The normalized spacial score (nSPS) is 9.80. The molecule has 0 unspecified atom stereocenters. The molecular formula is C14H12N2O4. The first-order chi connectivity index (χ1) is 9.63. The van der Waals surface area contributed by atoms with Crippen LogP contribution in [0.15, 0.2) is 34.9 Å². The molecule has 6 nitrogen and oxygen atoms in total. The van der Waals surface area contributed by atoms with Crippen molar-refractivity contribution in [2.45, 2.75) is 6.54 Å². The maximum atomic E-state index is 10.7. The van der Waals surface area contributed by atoms with Crippen LogP contribution in [0.4, 0.5) is 5.69 Å². The van der Waals surface area contributed by atoms with Crippen LogP contribution in [0.3, 0.4) is 0 Å². The van der Waals surface area contributed by atoms with Gasteiger partial charge in [0.15, 0.2) is 0 Å². The molecule has 1 heterocycles. The maximum absolute atomic E-state index is 10.7. The third-order valence-electron chi connectivity index (χ3n) is 2.68. The van der Waals surface area contributed by atoms with Crippen molar-refractivity contribution in [1.29, 1.82) is 5.26 Å². The molecule has 0 aliphatic rings. The van der Waals surface area contributed by atoms with E-state index in [9.17, 15) is 4.79 Å². The van der Waals surface area contributed by atoms with Crippen molar-refractivity contribution in [3.8, 4) is 11.8 Å².